The molecule has 0 saturated carbocycles. The first-order valence-electron chi connectivity index (χ1n) is 5.73. The van der Waals surface area contributed by atoms with E-state index in [1.54, 1.807) is 6.92 Å². The second kappa shape index (κ2) is 6.48. The van der Waals surface area contributed by atoms with Crippen LogP contribution in [0.4, 0.5) is 0 Å². The van der Waals surface area contributed by atoms with Crippen LogP contribution in [0.3, 0.4) is 0 Å². The lowest BCUT2D eigenvalue weighted by Crippen LogP contribution is -2.45. The highest BCUT2D eigenvalue weighted by Crippen LogP contribution is 2.20. The fourth-order valence-electron chi connectivity index (χ4n) is 1.38. The molecule has 6 heteroatoms. The standard InChI is InChI=1S/C11H24O4Si2/c1-9(2)10(12)14-8-7-11(3,16-13)15-17(4,5)6/h13H,1,7-8,16H2,2-6H3. The summed E-state index contributed by atoms with van der Waals surface area (Å²) in [5, 5.41) is -0.500. The lowest BCUT2D eigenvalue weighted by atomic mass is 10.3. The van der Waals surface area contributed by atoms with E-state index in [0.29, 0.717) is 12.0 Å². The van der Waals surface area contributed by atoms with Crippen molar-refractivity contribution in [1.29, 1.82) is 0 Å². The third-order valence-electron chi connectivity index (χ3n) is 2.10. The van der Waals surface area contributed by atoms with Gasteiger partial charge in [0, 0.05) is 12.0 Å². The van der Waals surface area contributed by atoms with Crippen LogP contribution in [0, 0.1) is 0 Å². The van der Waals surface area contributed by atoms with Crippen LogP contribution in [0.25, 0.3) is 0 Å². The summed E-state index contributed by atoms with van der Waals surface area (Å²) in [6.45, 7) is 13.5. The number of carbonyl (C=O) groups is 1. The van der Waals surface area contributed by atoms with Gasteiger partial charge in [0.2, 0.25) is 0 Å². The molecule has 1 N–H and O–H groups in total. The highest BCUT2D eigenvalue weighted by atomic mass is 28.4. The first-order chi connectivity index (χ1) is 7.59. The lowest BCUT2D eigenvalue weighted by molar-refractivity contribution is -0.139. The van der Waals surface area contributed by atoms with Crippen molar-refractivity contribution >= 4 is 24.0 Å². The SMILES string of the molecule is C=C(C)C(=O)OCCC(C)(O[Si](C)(C)C)[SiH2]O. The van der Waals surface area contributed by atoms with Crippen LogP contribution < -0.4 is 0 Å². The summed E-state index contributed by atoms with van der Waals surface area (Å²) in [5.41, 5.74) is 0.388. The Hall–Kier alpha value is -0.436. The zero-order valence-electron chi connectivity index (χ0n) is 11.5. The van der Waals surface area contributed by atoms with Crippen LogP contribution in [0.2, 0.25) is 19.6 Å². The van der Waals surface area contributed by atoms with Gasteiger partial charge >= 0.3 is 5.97 Å². The minimum absolute atomic E-state index is 0.264. The normalized spacial score (nSPS) is 15.9. The van der Waals surface area contributed by atoms with Crippen LogP contribution in [-0.4, -0.2) is 40.7 Å². The lowest BCUT2D eigenvalue weighted by Gasteiger charge is -2.34. The minimum Gasteiger partial charge on any atom is -0.462 e. The Bertz CT molecular complexity index is 286. The van der Waals surface area contributed by atoms with Gasteiger partial charge < -0.3 is 14.0 Å². The number of ether oxygens (including phenoxy) is 1. The van der Waals surface area contributed by atoms with Crippen molar-refractivity contribution in [2.24, 2.45) is 0 Å². The van der Waals surface area contributed by atoms with Crippen LogP contribution in [0.5, 0.6) is 0 Å². The van der Waals surface area contributed by atoms with Gasteiger partial charge in [0.15, 0.2) is 18.1 Å². The van der Waals surface area contributed by atoms with E-state index in [0.717, 1.165) is 0 Å². The average molecular weight is 276 g/mol. The van der Waals surface area contributed by atoms with E-state index in [1.807, 2.05) is 6.92 Å². The first kappa shape index (κ1) is 16.6. The van der Waals surface area contributed by atoms with Gasteiger partial charge in [-0.3, -0.25) is 0 Å². The maximum absolute atomic E-state index is 11.2. The summed E-state index contributed by atoms with van der Waals surface area (Å²) < 4.78 is 11.0. The molecule has 17 heavy (non-hydrogen) atoms. The van der Waals surface area contributed by atoms with Crippen molar-refractivity contribution in [3.05, 3.63) is 12.2 Å². The topological polar surface area (TPSA) is 55.8 Å². The molecule has 1 atom stereocenters. The second-order valence-electron chi connectivity index (χ2n) is 5.49. The highest BCUT2D eigenvalue weighted by Gasteiger charge is 2.31. The van der Waals surface area contributed by atoms with Gasteiger partial charge in [0.05, 0.1) is 11.8 Å². The Morgan fingerprint density at radius 3 is 2.35 bits per heavy atom. The van der Waals surface area contributed by atoms with Crippen molar-refractivity contribution in [3.63, 3.8) is 0 Å². The summed E-state index contributed by atoms with van der Waals surface area (Å²) in [6, 6.07) is 0. The predicted octanol–water partition coefficient (Wildman–Crippen LogP) is 1.14. The van der Waals surface area contributed by atoms with Crippen LogP contribution >= 0.6 is 0 Å². The Morgan fingerprint density at radius 2 is 2.00 bits per heavy atom. The summed E-state index contributed by atoms with van der Waals surface area (Å²) in [7, 11) is -3.01. The maximum Gasteiger partial charge on any atom is 0.333 e. The van der Waals surface area contributed by atoms with E-state index < -0.39 is 23.3 Å². The number of hydrogen-bond donors (Lipinski definition) is 1. The quantitative estimate of drug-likeness (QED) is 0.430. The van der Waals surface area contributed by atoms with Gasteiger partial charge in [-0.1, -0.05) is 6.58 Å². The van der Waals surface area contributed by atoms with Gasteiger partial charge in [-0.2, -0.15) is 0 Å². The largest absolute Gasteiger partial charge is 0.462 e. The van der Waals surface area contributed by atoms with E-state index >= 15 is 0 Å². The van der Waals surface area contributed by atoms with Crippen molar-refractivity contribution in [2.75, 3.05) is 6.61 Å². The molecule has 0 spiro atoms. The third kappa shape index (κ3) is 7.48. The average Bonchev–Trinajstić information content (AvgIpc) is 2.14. The predicted molar refractivity (Wildman–Crippen MR) is 74.0 cm³/mol. The Kier molecular flexibility index (Phi) is 6.32. The molecule has 0 rings (SSSR count). The number of carbonyl (C=O) groups excluding carboxylic acids is 1. The molecule has 0 aliphatic rings. The fourth-order valence-corrected chi connectivity index (χ4v) is 4.82. The molecule has 1 unspecified atom stereocenters. The monoisotopic (exact) mass is 276 g/mol. The van der Waals surface area contributed by atoms with Gasteiger partial charge in [-0.05, 0) is 33.5 Å². The van der Waals surface area contributed by atoms with E-state index in [1.165, 1.54) is 0 Å². The number of hydrogen-bond acceptors (Lipinski definition) is 4. The smallest absolute Gasteiger partial charge is 0.333 e. The summed E-state index contributed by atoms with van der Waals surface area (Å²) in [6.07, 6.45) is 0.541. The molecular formula is C11H24O4Si2. The van der Waals surface area contributed by atoms with Gasteiger partial charge in [0.25, 0.3) is 0 Å². The Labute approximate surface area is 107 Å². The minimum atomic E-state index is -1.70. The molecule has 0 aromatic carbocycles. The zero-order chi connectivity index (χ0) is 13.7. The number of rotatable bonds is 7. The summed E-state index contributed by atoms with van der Waals surface area (Å²) in [4.78, 5) is 20.7. The van der Waals surface area contributed by atoms with E-state index in [4.69, 9.17) is 9.16 Å². The molecule has 0 saturated heterocycles. The van der Waals surface area contributed by atoms with E-state index in [-0.39, 0.29) is 12.6 Å². The van der Waals surface area contributed by atoms with Crippen LogP contribution in [-0.2, 0) is 14.0 Å². The molecule has 0 aromatic heterocycles. The van der Waals surface area contributed by atoms with Crippen molar-refractivity contribution in [1.82, 2.24) is 0 Å². The molecule has 0 amide bonds. The van der Waals surface area contributed by atoms with Crippen molar-refractivity contribution in [2.45, 2.75) is 45.1 Å². The summed E-state index contributed by atoms with van der Waals surface area (Å²) in [5.74, 6) is -0.389. The molecule has 0 heterocycles. The molecule has 0 aliphatic carbocycles. The summed E-state index contributed by atoms with van der Waals surface area (Å²) >= 11 is 0. The van der Waals surface area contributed by atoms with Gasteiger partial charge in [-0.15, -0.1) is 0 Å². The molecule has 4 nitrogen and oxygen atoms in total. The fraction of sp³-hybridized carbons (Fsp3) is 0.727. The first-order valence-corrected chi connectivity index (χ1v) is 10.5. The van der Waals surface area contributed by atoms with Crippen molar-refractivity contribution in [3.8, 4) is 0 Å². The molecule has 0 aliphatic heterocycles. The van der Waals surface area contributed by atoms with Gasteiger partial charge in [0.1, 0.15) is 0 Å². The Balaban J connectivity index is 4.22. The number of esters is 1. The molecule has 0 fully saturated rings. The molecule has 100 valence electrons. The van der Waals surface area contributed by atoms with E-state index in [9.17, 15) is 9.59 Å². The zero-order valence-corrected chi connectivity index (χ0v) is 13.9. The molecule has 0 radical (unpaired) electrons. The molecule has 0 bridgehead atoms. The van der Waals surface area contributed by atoms with Crippen LogP contribution in [0.15, 0.2) is 12.2 Å². The molecule has 0 aromatic rings. The van der Waals surface area contributed by atoms with Gasteiger partial charge in [-0.25, -0.2) is 4.79 Å². The third-order valence-corrected chi connectivity index (χ3v) is 4.66. The highest BCUT2D eigenvalue weighted by molar-refractivity contribution is 6.70. The van der Waals surface area contributed by atoms with E-state index in [2.05, 4.69) is 26.2 Å². The Morgan fingerprint density at radius 1 is 1.47 bits per heavy atom. The van der Waals surface area contributed by atoms with Crippen molar-refractivity contribution < 1.29 is 18.8 Å². The second-order valence-corrected chi connectivity index (χ2v) is 11.7. The maximum atomic E-state index is 11.2. The van der Waals surface area contributed by atoms with Crippen LogP contribution in [0.1, 0.15) is 20.3 Å². The molecular weight excluding hydrogens is 252 g/mol.